The molecule has 0 aliphatic carbocycles. The number of hydrogen-bond acceptors (Lipinski definition) is 3. The summed E-state index contributed by atoms with van der Waals surface area (Å²) in [4.78, 5) is 12.7. The van der Waals surface area contributed by atoms with Gasteiger partial charge in [-0.3, -0.25) is 4.79 Å². The molecule has 1 aliphatic rings. The molecule has 1 aromatic carbocycles. The van der Waals surface area contributed by atoms with Crippen molar-refractivity contribution in [2.45, 2.75) is 15.5 Å². The summed E-state index contributed by atoms with van der Waals surface area (Å²) < 4.78 is 22.2. The molecule has 1 aliphatic heterocycles. The van der Waals surface area contributed by atoms with Crippen molar-refractivity contribution in [3.05, 3.63) is 24.3 Å². The third-order valence-electron chi connectivity index (χ3n) is 2.56. The molecule has 0 aromatic heterocycles. The molecule has 1 aromatic rings. The van der Waals surface area contributed by atoms with Crippen molar-refractivity contribution in [1.29, 1.82) is 0 Å². The van der Waals surface area contributed by atoms with Crippen molar-refractivity contribution in [3.63, 3.8) is 0 Å². The molecule has 0 radical (unpaired) electrons. The second-order valence-electron chi connectivity index (χ2n) is 3.71. The number of carbonyl (C=O) groups is 1. The summed E-state index contributed by atoms with van der Waals surface area (Å²) in [6.45, 7) is 1.06. The predicted molar refractivity (Wildman–Crippen MR) is 66.1 cm³/mol. The van der Waals surface area contributed by atoms with Crippen LogP contribution in [-0.2, 0) is 14.6 Å². The summed E-state index contributed by atoms with van der Waals surface area (Å²) in [5.74, 6) is -0.307. The fourth-order valence-electron chi connectivity index (χ4n) is 1.70. The van der Waals surface area contributed by atoms with E-state index in [1.807, 2.05) is 0 Å². The number of rotatable bonds is 0. The minimum atomic E-state index is -3.85. The number of para-hydroxylation sites is 1. The van der Waals surface area contributed by atoms with Gasteiger partial charge in [0.1, 0.15) is 0 Å². The molecule has 0 fully saturated rings. The smallest absolute Gasteiger partial charge is 0.240 e. The van der Waals surface area contributed by atoms with E-state index >= 15 is 0 Å². The van der Waals surface area contributed by atoms with Crippen LogP contribution in [0, 0.1) is 0 Å². The van der Waals surface area contributed by atoms with Crippen LogP contribution in [0.2, 0.25) is 0 Å². The number of anilines is 1. The van der Waals surface area contributed by atoms with Crippen LogP contribution < -0.4 is 4.90 Å². The van der Waals surface area contributed by atoms with Gasteiger partial charge in [0.2, 0.25) is 19.4 Å². The molecule has 0 N–H and O–H groups in total. The molecule has 0 spiro atoms. The molecule has 2 rings (SSSR count). The molecule has 0 unspecified atom stereocenters. The van der Waals surface area contributed by atoms with E-state index in [1.54, 1.807) is 18.2 Å². The van der Waals surface area contributed by atoms with Crippen LogP contribution >= 0.6 is 23.2 Å². The van der Waals surface area contributed by atoms with Crippen LogP contribution in [0.3, 0.4) is 0 Å². The second-order valence-corrected chi connectivity index (χ2v) is 7.79. The Morgan fingerprint density at radius 2 is 1.94 bits per heavy atom. The lowest BCUT2D eigenvalue weighted by Crippen LogP contribution is -2.47. The van der Waals surface area contributed by atoms with Gasteiger partial charge in [-0.15, -0.1) is 0 Å². The van der Waals surface area contributed by atoms with Crippen LogP contribution in [0.5, 0.6) is 0 Å². The minimum absolute atomic E-state index is 0.0218. The zero-order valence-electron chi connectivity index (χ0n) is 8.85. The van der Waals surface area contributed by atoms with Crippen molar-refractivity contribution in [2.75, 3.05) is 11.4 Å². The molecule has 7 heteroatoms. The van der Waals surface area contributed by atoms with Gasteiger partial charge in [-0.2, -0.15) is 0 Å². The summed E-state index contributed by atoms with van der Waals surface area (Å²) in [7, 11) is -3.85. The molecule has 0 atom stereocenters. The van der Waals surface area contributed by atoms with Crippen LogP contribution in [0.1, 0.15) is 6.92 Å². The van der Waals surface area contributed by atoms with E-state index in [0.29, 0.717) is 5.69 Å². The first-order valence-corrected chi connectivity index (χ1v) is 7.01. The molecule has 1 amide bonds. The maximum absolute atomic E-state index is 12.1. The van der Waals surface area contributed by atoms with E-state index in [2.05, 4.69) is 0 Å². The van der Waals surface area contributed by atoms with E-state index in [1.165, 1.54) is 17.9 Å². The van der Waals surface area contributed by atoms with E-state index in [4.69, 9.17) is 23.2 Å². The Hall–Kier alpha value is -0.780. The monoisotopic (exact) mass is 293 g/mol. The number of benzene rings is 1. The van der Waals surface area contributed by atoms with E-state index in [-0.39, 0.29) is 17.3 Å². The number of hydrogen-bond donors (Lipinski definition) is 0. The number of halogens is 2. The molecule has 1 heterocycles. The minimum Gasteiger partial charge on any atom is -0.307 e. The van der Waals surface area contributed by atoms with E-state index in [9.17, 15) is 13.2 Å². The fraction of sp³-hybridized carbons (Fsp3) is 0.300. The van der Waals surface area contributed by atoms with Crippen molar-refractivity contribution < 1.29 is 13.2 Å². The Balaban J connectivity index is 2.74. The lowest BCUT2D eigenvalue weighted by atomic mass is 10.2. The third kappa shape index (κ3) is 1.82. The zero-order chi connectivity index (χ0) is 12.8. The highest BCUT2D eigenvalue weighted by molar-refractivity contribution is 7.95. The average Bonchev–Trinajstić information content (AvgIpc) is 2.24. The van der Waals surface area contributed by atoms with Gasteiger partial charge >= 0.3 is 0 Å². The fourth-order valence-corrected chi connectivity index (χ4v) is 3.77. The number of nitrogens with zero attached hydrogens (tertiary/aromatic N) is 1. The van der Waals surface area contributed by atoms with Crippen LogP contribution in [0.4, 0.5) is 5.69 Å². The van der Waals surface area contributed by atoms with Crippen LogP contribution in [0.15, 0.2) is 29.2 Å². The highest BCUT2D eigenvalue weighted by Gasteiger charge is 2.49. The van der Waals surface area contributed by atoms with Crippen LogP contribution in [-0.4, -0.2) is 24.5 Å². The molecule has 0 bridgehead atoms. The normalized spacial score (nSPS) is 20.8. The Labute approximate surface area is 109 Å². The first-order chi connectivity index (χ1) is 7.77. The van der Waals surface area contributed by atoms with Crippen LogP contribution in [0.25, 0.3) is 0 Å². The van der Waals surface area contributed by atoms with Gasteiger partial charge in [0.15, 0.2) is 0 Å². The maximum atomic E-state index is 12.1. The lowest BCUT2D eigenvalue weighted by Gasteiger charge is -2.35. The maximum Gasteiger partial charge on any atom is 0.240 e. The summed E-state index contributed by atoms with van der Waals surface area (Å²) >= 11 is 11.6. The van der Waals surface area contributed by atoms with Gasteiger partial charge in [0, 0.05) is 6.92 Å². The van der Waals surface area contributed by atoms with E-state index in [0.717, 1.165) is 0 Å². The molecule has 92 valence electrons. The summed E-state index contributed by atoms with van der Waals surface area (Å²) in [6.07, 6.45) is 0. The summed E-state index contributed by atoms with van der Waals surface area (Å²) in [6, 6.07) is 6.15. The average molecular weight is 294 g/mol. The van der Waals surface area contributed by atoms with Gasteiger partial charge in [0.25, 0.3) is 0 Å². The summed E-state index contributed by atoms with van der Waals surface area (Å²) in [5.41, 5.74) is 0.317. The van der Waals surface area contributed by atoms with Crippen molar-refractivity contribution in [1.82, 2.24) is 0 Å². The first-order valence-electron chi connectivity index (χ1n) is 4.77. The Morgan fingerprint density at radius 1 is 1.35 bits per heavy atom. The molecular weight excluding hydrogens is 285 g/mol. The molecule has 17 heavy (non-hydrogen) atoms. The van der Waals surface area contributed by atoms with Crippen molar-refractivity contribution >= 4 is 44.6 Å². The standard InChI is InChI=1S/C10H9Cl2NO3S/c1-7(14)13-6-10(11,12)17(15,16)9-5-3-2-4-8(9)13/h2-5H,6H2,1H3. The lowest BCUT2D eigenvalue weighted by molar-refractivity contribution is -0.116. The SMILES string of the molecule is CC(=O)N1CC(Cl)(Cl)S(=O)(=O)c2ccccc21. The zero-order valence-corrected chi connectivity index (χ0v) is 11.2. The van der Waals surface area contributed by atoms with Crippen molar-refractivity contribution in [3.8, 4) is 0 Å². The number of alkyl halides is 2. The number of amides is 1. The topological polar surface area (TPSA) is 54.5 Å². The quantitative estimate of drug-likeness (QED) is 0.687. The predicted octanol–water partition coefficient (Wildman–Crippen LogP) is 1.96. The second kappa shape index (κ2) is 3.86. The molecule has 0 saturated carbocycles. The largest absolute Gasteiger partial charge is 0.307 e. The Bertz CT molecular complexity index is 583. The van der Waals surface area contributed by atoms with Gasteiger partial charge in [0.05, 0.1) is 17.1 Å². The van der Waals surface area contributed by atoms with Crippen molar-refractivity contribution in [2.24, 2.45) is 0 Å². The Kier molecular flexibility index (Phi) is 2.88. The van der Waals surface area contributed by atoms with Gasteiger partial charge in [-0.25, -0.2) is 8.42 Å². The summed E-state index contributed by atoms with van der Waals surface area (Å²) in [5, 5.41) is 0. The number of sulfone groups is 1. The Morgan fingerprint density at radius 3 is 2.53 bits per heavy atom. The van der Waals surface area contributed by atoms with Gasteiger partial charge in [-0.05, 0) is 12.1 Å². The number of carbonyl (C=O) groups excluding carboxylic acids is 1. The highest BCUT2D eigenvalue weighted by atomic mass is 35.5. The highest BCUT2D eigenvalue weighted by Crippen LogP contribution is 2.43. The number of fused-ring (bicyclic) bond motifs is 1. The molecule has 4 nitrogen and oxygen atoms in total. The van der Waals surface area contributed by atoms with E-state index < -0.39 is 13.5 Å². The van der Waals surface area contributed by atoms with Gasteiger partial charge < -0.3 is 4.90 Å². The third-order valence-corrected chi connectivity index (χ3v) is 5.86. The first kappa shape index (κ1) is 12.7. The molecular formula is C10H9Cl2NO3S. The van der Waals surface area contributed by atoms with Gasteiger partial charge in [-0.1, -0.05) is 35.3 Å². The molecule has 0 saturated heterocycles.